The van der Waals surface area contributed by atoms with Gasteiger partial charge in [0, 0.05) is 24.9 Å². The summed E-state index contributed by atoms with van der Waals surface area (Å²) in [5, 5.41) is 16.2. The van der Waals surface area contributed by atoms with E-state index in [1.165, 1.54) is 12.4 Å². The molecule has 5 aromatic heterocycles. The zero-order chi connectivity index (χ0) is 25.3. The molecule has 0 bridgehead atoms. The summed E-state index contributed by atoms with van der Waals surface area (Å²) in [4.78, 5) is 22.9. The molecule has 1 N–H and O–H groups in total. The predicted molar refractivity (Wildman–Crippen MR) is 128 cm³/mol. The molecule has 0 spiro atoms. The molecule has 188 valence electrons. The van der Waals surface area contributed by atoms with Crippen LogP contribution in [-0.2, 0) is 16.4 Å². The molecular weight excluding hydrogens is 498 g/mol. The minimum absolute atomic E-state index is 0.0120. The third kappa shape index (κ3) is 3.47. The van der Waals surface area contributed by atoms with Gasteiger partial charge in [-0.3, -0.25) is 4.79 Å². The number of amides is 1. The number of nitrogens with one attached hydrogen (secondary N) is 1. The van der Waals surface area contributed by atoms with E-state index >= 15 is 0 Å². The molecule has 7 rings (SSSR count). The summed E-state index contributed by atoms with van der Waals surface area (Å²) in [7, 11) is -3.53. The van der Waals surface area contributed by atoms with Crippen LogP contribution < -0.4 is 0 Å². The Labute approximate surface area is 210 Å². The molecule has 6 heterocycles. The molecule has 1 aliphatic carbocycles. The van der Waals surface area contributed by atoms with Gasteiger partial charge in [0.15, 0.2) is 0 Å². The van der Waals surface area contributed by atoms with Gasteiger partial charge in [-0.15, -0.1) is 10.2 Å². The molecule has 1 saturated carbocycles. The van der Waals surface area contributed by atoms with Gasteiger partial charge < -0.3 is 14.3 Å². The fourth-order valence-corrected chi connectivity index (χ4v) is 6.20. The number of carbonyl (C=O) groups excluding carboxylic acids is 1. The summed E-state index contributed by atoms with van der Waals surface area (Å²) in [6.07, 6.45) is 7.96. The van der Waals surface area contributed by atoms with Gasteiger partial charge in [0.05, 0.1) is 46.4 Å². The highest BCUT2D eigenvalue weighted by atomic mass is 32.2. The minimum Gasteiger partial charge on any atom is -0.412 e. The number of rotatable bonds is 5. The standard InChI is InChI=1S/C23H21N9O4S/c1-13-3-2-7-31-18(13)9-17(29-31)20-19-16(24-12-25-19)6-8-30(20)23(33)22-28-27-21(36-22)14-10-26-32(11-14)37(34,35)15-4-5-15/h2-3,7,9-12,15,20H,4-6,8H2,1H3,(H,24,25)/t20-/m0/s1. The molecule has 13 nitrogen and oxygen atoms in total. The van der Waals surface area contributed by atoms with E-state index in [4.69, 9.17) is 9.52 Å². The first-order valence-electron chi connectivity index (χ1n) is 11.8. The molecule has 5 aromatic rings. The first-order valence-corrected chi connectivity index (χ1v) is 13.3. The molecule has 0 unspecified atom stereocenters. The molecule has 37 heavy (non-hydrogen) atoms. The van der Waals surface area contributed by atoms with Crippen molar-refractivity contribution < 1.29 is 17.6 Å². The molecule has 0 aromatic carbocycles. The summed E-state index contributed by atoms with van der Waals surface area (Å²) in [6.45, 7) is 2.39. The van der Waals surface area contributed by atoms with Gasteiger partial charge in [0.1, 0.15) is 6.04 Å². The number of aromatic nitrogens is 8. The predicted octanol–water partition coefficient (Wildman–Crippen LogP) is 1.74. The fraction of sp³-hybridized carbons (Fsp3) is 0.304. The number of nitrogens with zero attached hydrogens (tertiary/aromatic N) is 8. The van der Waals surface area contributed by atoms with Crippen molar-refractivity contribution in [3.05, 3.63) is 71.7 Å². The average molecular weight is 520 g/mol. The van der Waals surface area contributed by atoms with Crippen LogP contribution in [0.25, 0.3) is 17.0 Å². The Kier molecular flexibility index (Phi) is 4.64. The number of hydrogen-bond donors (Lipinski definition) is 1. The molecule has 0 saturated heterocycles. The van der Waals surface area contributed by atoms with Gasteiger partial charge in [0.2, 0.25) is 0 Å². The van der Waals surface area contributed by atoms with Gasteiger partial charge in [-0.1, -0.05) is 6.07 Å². The highest BCUT2D eigenvalue weighted by molar-refractivity contribution is 7.90. The normalized spacial score (nSPS) is 17.9. The maximum atomic E-state index is 13.6. The number of imidazole rings is 1. The number of carbonyl (C=O) groups is 1. The Morgan fingerprint density at radius 2 is 2.11 bits per heavy atom. The third-order valence-electron chi connectivity index (χ3n) is 6.82. The first-order chi connectivity index (χ1) is 17.9. The van der Waals surface area contributed by atoms with Crippen LogP contribution >= 0.6 is 0 Å². The summed E-state index contributed by atoms with van der Waals surface area (Å²) in [5.41, 5.74) is 4.64. The lowest BCUT2D eigenvalue weighted by atomic mass is 9.99. The van der Waals surface area contributed by atoms with Gasteiger partial charge in [0.25, 0.3) is 15.9 Å². The Morgan fingerprint density at radius 1 is 1.24 bits per heavy atom. The number of aromatic amines is 1. The van der Waals surface area contributed by atoms with Crippen LogP contribution in [0.3, 0.4) is 0 Å². The lowest BCUT2D eigenvalue weighted by Gasteiger charge is -2.32. The SMILES string of the molecule is Cc1cccn2nc([C@H]3c4nc[nH]c4CCN3C(=O)c3nnc(-c4cnn(S(=O)(=O)C5CC5)c4)o3)cc12. The van der Waals surface area contributed by atoms with Gasteiger partial charge in [-0.05, 0) is 37.5 Å². The number of fused-ring (bicyclic) bond motifs is 2. The van der Waals surface area contributed by atoms with Crippen LogP contribution in [0.2, 0.25) is 0 Å². The smallest absolute Gasteiger partial charge is 0.312 e. The summed E-state index contributed by atoms with van der Waals surface area (Å²) < 4.78 is 33.3. The maximum absolute atomic E-state index is 13.6. The van der Waals surface area contributed by atoms with Crippen molar-refractivity contribution >= 4 is 21.4 Å². The Hall–Kier alpha value is -4.33. The van der Waals surface area contributed by atoms with E-state index in [0.717, 1.165) is 20.9 Å². The van der Waals surface area contributed by atoms with Gasteiger partial charge in [-0.2, -0.15) is 14.3 Å². The minimum atomic E-state index is -3.53. The number of hydrogen-bond acceptors (Lipinski definition) is 9. The van der Waals surface area contributed by atoms with Crippen molar-refractivity contribution in [2.24, 2.45) is 0 Å². The summed E-state index contributed by atoms with van der Waals surface area (Å²) in [5.74, 6) is -0.668. The largest absolute Gasteiger partial charge is 0.412 e. The van der Waals surface area contributed by atoms with E-state index in [-0.39, 0.29) is 11.8 Å². The van der Waals surface area contributed by atoms with Crippen LogP contribution in [0.5, 0.6) is 0 Å². The van der Waals surface area contributed by atoms with E-state index in [1.807, 2.05) is 31.3 Å². The quantitative estimate of drug-likeness (QED) is 0.365. The van der Waals surface area contributed by atoms with E-state index in [1.54, 1.807) is 15.7 Å². The molecule has 1 amide bonds. The topological polar surface area (TPSA) is 157 Å². The van der Waals surface area contributed by atoms with Crippen LogP contribution in [0.15, 0.2) is 47.5 Å². The highest BCUT2D eigenvalue weighted by Gasteiger charge is 2.39. The Morgan fingerprint density at radius 3 is 2.92 bits per heavy atom. The van der Waals surface area contributed by atoms with Crippen molar-refractivity contribution in [3.63, 3.8) is 0 Å². The van der Waals surface area contributed by atoms with Crippen molar-refractivity contribution in [2.75, 3.05) is 6.54 Å². The van der Waals surface area contributed by atoms with E-state index in [2.05, 4.69) is 25.3 Å². The van der Waals surface area contributed by atoms with Crippen molar-refractivity contribution in [3.8, 4) is 11.5 Å². The zero-order valence-corrected chi connectivity index (χ0v) is 20.5. The number of pyridine rings is 1. The average Bonchev–Trinajstić information content (AvgIpc) is 3.33. The molecular formula is C23H21N9O4S. The molecule has 1 aliphatic heterocycles. The molecule has 1 atom stereocenters. The van der Waals surface area contributed by atoms with Crippen molar-refractivity contribution in [1.29, 1.82) is 0 Å². The highest BCUT2D eigenvalue weighted by Crippen LogP contribution is 2.35. The number of H-pyrrole nitrogens is 1. The van der Waals surface area contributed by atoms with Crippen LogP contribution in [-0.4, -0.2) is 70.0 Å². The van der Waals surface area contributed by atoms with E-state index < -0.39 is 27.2 Å². The summed E-state index contributed by atoms with van der Waals surface area (Å²) >= 11 is 0. The monoisotopic (exact) mass is 519 g/mol. The van der Waals surface area contributed by atoms with Crippen molar-refractivity contribution in [2.45, 2.75) is 37.5 Å². The van der Waals surface area contributed by atoms with Gasteiger partial charge in [-0.25, -0.2) is 17.9 Å². The fourth-order valence-electron chi connectivity index (χ4n) is 4.73. The third-order valence-corrected chi connectivity index (χ3v) is 8.85. The van der Waals surface area contributed by atoms with Crippen molar-refractivity contribution in [1.82, 2.24) is 43.9 Å². The van der Waals surface area contributed by atoms with Gasteiger partial charge >= 0.3 is 11.8 Å². The summed E-state index contributed by atoms with van der Waals surface area (Å²) in [6, 6.07) is 5.32. The van der Waals surface area contributed by atoms with E-state index in [9.17, 15) is 13.2 Å². The lowest BCUT2D eigenvalue weighted by molar-refractivity contribution is 0.0646. The molecule has 14 heteroatoms. The molecule has 1 fully saturated rings. The second kappa shape index (κ2) is 7.83. The lowest BCUT2D eigenvalue weighted by Crippen LogP contribution is -2.41. The van der Waals surface area contributed by atoms with Crippen LogP contribution in [0.1, 0.15) is 52.2 Å². The van der Waals surface area contributed by atoms with E-state index in [0.29, 0.717) is 42.8 Å². The van der Waals surface area contributed by atoms with Crippen LogP contribution in [0, 0.1) is 6.92 Å². The number of aryl methyl sites for hydroxylation is 1. The zero-order valence-electron chi connectivity index (χ0n) is 19.6. The van der Waals surface area contributed by atoms with Crippen LogP contribution in [0.4, 0.5) is 0 Å². The Bertz CT molecular complexity index is 1780. The first kappa shape index (κ1) is 21.9. The Balaban J connectivity index is 1.23. The second-order valence-electron chi connectivity index (χ2n) is 9.27. The maximum Gasteiger partial charge on any atom is 0.312 e. The second-order valence-corrected chi connectivity index (χ2v) is 11.3. The molecule has 2 aliphatic rings. The molecule has 0 radical (unpaired) electrons.